The molecule has 7 nitrogen and oxygen atoms in total. The fourth-order valence-corrected chi connectivity index (χ4v) is 4.27. The summed E-state index contributed by atoms with van der Waals surface area (Å²) in [7, 11) is 0. The molecule has 28 heavy (non-hydrogen) atoms. The van der Waals surface area contributed by atoms with Gasteiger partial charge in [-0.15, -0.1) is 11.3 Å². The number of H-pyrrole nitrogens is 1. The van der Waals surface area contributed by atoms with Gasteiger partial charge < -0.3 is 20.6 Å². The van der Waals surface area contributed by atoms with E-state index in [1.165, 1.54) is 6.33 Å². The molecule has 0 aliphatic rings. The van der Waals surface area contributed by atoms with E-state index in [9.17, 15) is 9.59 Å². The molecule has 3 heterocycles. The third kappa shape index (κ3) is 3.02. The van der Waals surface area contributed by atoms with Gasteiger partial charge in [-0.25, -0.2) is 4.98 Å². The number of benzene rings is 1. The molecule has 4 aromatic rings. The summed E-state index contributed by atoms with van der Waals surface area (Å²) in [6, 6.07) is 10.9. The van der Waals surface area contributed by atoms with Gasteiger partial charge in [0.25, 0.3) is 11.5 Å². The highest BCUT2D eigenvalue weighted by Crippen LogP contribution is 2.40. The molecule has 0 aliphatic carbocycles. The lowest BCUT2D eigenvalue weighted by atomic mass is 10.2. The summed E-state index contributed by atoms with van der Waals surface area (Å²) < 4.78 is 1.85. The zero-order chi connectivity index (χ0) is 19.7. The summed E-state index contributed by atoms with van der Waals surface area (Å²) in [6.45, 7) is 2.78. The molecule has 0 unspecified atom stereocenters. The average molecular weight is 393 g/mol. The first-order valence-electron chi connectivity index (χ1n) is 8.82. The third-order valence-electron chi connectivity index (χ3n) is 4.55. The molecule has 0 atom stereocenters. The maximum atomic E-state index is 12.9. The number of aromatic nitrogens is 3. The molecule has 0 fully saturated rings. The lowest BCUT2D eigenvalue weighted by Gasteiger charge is -2.11. The summed E-state index contributed by atoms with van der Waals surface area (Å²) in [5, 5.41) is 4.96. The van der Waals surface area contributed by atoms with Crippen molar-refractivity contribution < 1.29 is 4.79 Å². The number of nitrogens with one attached hydrogen (secondary N) is 2. The van der Waals surface area contributed by atoms with E-state index in [1.807, 2.05) is 29.0 Å². The number of fused-ring (bicyclic) bond motifs is 1. The van der Waals surface area contributed by atoms with Crippen LogP contribution >= 0.6 is 11.3 Å². The Labute approximate surface area is 164 Å². The second-order valence-electron chi connectivity index (χ2n) is 6.35. The molecule has 4 rings (SSSR count). The molecule has 8 heteroatoms. The number of carbonyl (C=O) groups excluding carboxylic acids is 1. The summed E-state index contributed by atoms with van der Waals surface area (Å²) in [5.41, 5.74) is 9.26. The Morgan fingerprint density at radius 3 is 2.75 bits per heavy atom. The van der Waals surface area contributed by atoms with Crippen LogP contribution in [0.3, 0.4) is 0 Å². The zero-order valence-corrected chi connectivity index (χ0v) is 16.0. The number of thiophene rings is 1. The van der Waals surface area contributed by atoms with Crippen molar-refractivity contribution in [2.24, 2.45) is 5.73 Å². The molecule has 0 spiro atoms. The van der Waals surface area contributed by atoms with Crippen molar-refractivity contribution in [3.63, 3.8) is 0 Å². The predicted molar refractivity (Wildman–Crippen MR) is 112 cm³/mol. The lowest BCUT2D eigenvalue weighted by Crippen LogP contribution is -2.16. The Morgan fingerprint density at radius 2 is 2.07 bits per heavy atom. The fraction of sp³-hybridized carbons (Fsp3) is 0.150. The van der Waals surface area contributed by atoms with Crippen molar-refractivity contribution in [1.82, 2.24) is 14.5 Å². The normalized spacial score (nSPS) is 11.1. The Morgan fingerprint density at radius 1 is 1.29 bits per heavy atom. The number of nitrogens with two attached hydrogens (primary N) is 1. The first kappa shape index (κ1) is 18.1. The number of aromatic amines is 1. The van der Waals surface area contributed by atoms with Crippen LogP contribution in [-0.2, 0) is 6.54 Å². The van der Waals surface area contributed by atoms with Crippen LogP contribution in [0, 0.1) is 6.92 Å². The van der Waals surface area contributed by atoms with Crippen molar-refractivity contribution in [3.05, 3.63) is 69.6 Å². The van der Waals surface area contributed by atoms with E-state index in [4.69, 9.17) is 5.73 Å². The number of amides is 1. The minimum Gasteiger partial charge on any atom is -0.331 e. The molecule has 4 N–H and O–H groups in total. The van der Waals surface area contributed by atoms with Gasteiger partial charge in [-0.05, 0) is 36.1 Å². The van der Waals surface area contributed by atoms with Crippen LogP contribution in [0.1, 0.15) is 15.9 Å². The summed E-state index contributed by atoms with van der Waals surface area (Å²) in [6.07, 6.45) is 1.35. The molecule has 3 aromatic heterocycles. The van der Waals surface area contributed by atoms with Crippen molar-refractivity contribution in [1.29, 1.82) is 0 Å². The smallest absolute Gasteiger partial charge is 0.275 e. The van der Waals surface area contributed by atoms with Crippen molar-refractivity contribution in [3.8, 4) is 10.6 Å². The molecule has 1 aromatic carbocycles. The SMILES string of the molecule is Cc1ccsc1-c1c(NC(=O)c2ccccc2)c2nc[nH]c(=O)c2n1CCN. The maximum Gasteiger partial charge on any atom is 0.275 e. The fourth-order valence-electron chi connectivity index (χ4n) is 3.28. The number of carbonyl (C=O) groups is 1. The van der Waals surface area contributed by atoms with E-state index >= 15 is 0 Å². The van der Waals surface area contributed by atoms with Gasteiger partial charge in [-0.2, -0.15) is 0 Å². The van der Waals surface area contributed by atoms with Crippen LogP contribution in [0.5, 0.6) is 0 Å². The van der Waals surface area contributed by atoms with Crippen LogP contribution < -0.4 is 16.6 Å². The summed E-state index contributed by atoms with van der Waals surface area (Å²) in [4.78, 5) is 33.4. The van der Waals surface area contributed by atoms with Crippen LogP contribution in [0.15, 0.2) is 52.9 Å². The molecule has 0 saturated carbocycles. The van der Waals surface area contributed by atoms with Crippen molar-refractivity contribution >= 4 is 34.0 Å². The highest BCUT2D eigenvalue weighted by atomic mass is 32.1. The second-order valence-corrected chi connectivity index (χ2v) is 7.26. The van der Waals surface area contributed by atoms with E-state index in [-0.39, 0.29) is 11.5 Å². The van der Waals surface area contributed by atoms with Gasteiger partial charge in [0.2, 0.25) is 0 Å². The van der Waals surface area contributed by atoms with Gasteiger partial charge in [0.05, 0.1) is 22.6 Å². The molecular formula is C20H19N5O2S. The molecule has 1 amide bonds. The standard InChI is InChI=1S/C20H19N5O2S/c1-12-7-10-28-18(12)16-15(24-19(26)13-5-3-2-4-6-13)14-17(25(16)9-8-21)20(27)23-11-22-14/h2-7,10-11H,8-9,21H2,1H3,(H,24,26)(H,22,23,27). The zero-order valence-electron chi connectivity index (χ0n) is 15.2. The molecular weight excluding hydrogens is 374 g/mol. The highest BCUT2D eigenvalue weighted by Gasteiger charge is 2.25. The maximum absolute atomic E-state index is 12.9. The predicted octanol–water partition coefficient (Wildman–Crippen LogP) is 2.97. The second kappa shape index (κ2) is 7.41. The number of hydrogen-bond donors (Lipinski definition) is 3. The summed E-state index contributed by atoms with van der Waals surface area (Å²) in [5.74, 6) is -0.259. The van der Waals surface area contributed by atoms with E-state index in [1.54, 1.807) is 35.6 Å². The monoisotopic (exact) mass is 393 g/mol. The minimum absolute atomic E-state index is 0.259. The van der Waals surface area contributed by atoms with Gasteiger partial charge in [-0.3, -0.25) is 9.59 Å². The topological polar surface area (TPSA) is 106 Å². The van der Waals surface area contributed by atoms with E-state index in [0.29, 0.717) is 35.4 Å². The Bertz CT molecular complexity index is 1210. The van der Waals surface area contributed by atoms with Crippen molar-refractivity contribution in [2.75, 3.05) is 11.9 Å². The highest BCUT2D eigenvalue weighted by molar-refractivity contribution is 7.13. The number of rotatable bonds is 5. The van der Waals surface area contributed by atoms with E-state index < -0.39 is 0 Å². The van der Waals surface area contributed by atoms with Gasteiger partial charge >= 0.3 is 0 Å². The number of anilines is 1. The Balaban J connectivity index is 1.99. The lowest BCUT2D eigenvalue weighted by molar-refractivity contribution is 0.102. The van der Waals surface area contributed by atoms with Gasteiger partial charge in [-0.1, -0.05) is 18.2 Å². The average Bonchev–Trinajstić information content (AvgIpc) is 3.25. The molecule has 0 bridgehead atoms. The van der Waals surface area contributed by atoms with Gasteiger partial charge in [0.1, 0.15) is 11.0 Å². The van der Waals surface area contributed by atoms with Crippen LogP contribution in [0.4, 0.5) is 5.69 Å². The summed E-state index contributed by atoms with van der Waals surface area (Å²) >= 11 is 1.55. The Kier molecular flexibility index (Phi) is 4.81. The molecule has 0 saturated heterocycles. The quantitative estimate of drug-likeness (QED) is 0.485. The molecule has 0 radical (unpaired) electrons. The number of nitrogens with zero attached hydrogens (tertiary/aromatic N) is 2. The largest absolute Gasteiger partial charge is 0.331 e. The molecule has 142 valence electrons. The first-order valence-corrected chi connectivity index (χ1v) is 9.70. The number of hydrogen-bond acceptors (Lipinski definition) is 5. The van der Waals surface area contributed by atoms with E-state index in [2.05, 4.69) is 15.3 Å². The third-order valence-corrected chi connectivity index (χ3v) is 5.57. The Hall–Kier alpha value is -3.23. The van der Waals surface area contributed by atoms with Crippen LogP contribution in [-0.4, -0.2) is 27.0 Å². The van der Waals surface area contributed by atoms with Crippen LogP contribution in [0.2, 0.25) is 0 Å². The van der Waals surface area contributed by atoms with E-state index in [0.717, 1.165) is 16.1 Å². The van der Waals surface area contributed by atoms with Crippen LogP contribution in [0.25, 0.3) is 21.6 Å². The van der Waals surface area contributed by atoms with Crippen molar-refractivity contribution in [2.45, 2.75) is 13.5 Å². The minimum atomic E-state index is -0.269. The van der Waals surface area contributed by atoms with Gasteiger partial charge in [0.15, 0.2) is 0 Å². The molecule has 0 aliphatic heterocycles. The van der Waals surface area contributed by atoms with Gasteiger partial charge in [0, 0.05) is 18.7 Å². The first-order chi connectivity index (χ1) is 13.6. The number of aryl methyl sites for hydroxylation is 1.